The third-order valence-electron chi connectivity index (χ3n) is 14.0. The van der Waals surface area contributed by atoms with Gasteiger partial charge in [0.1, 0.15) is 5.60 Å². The zero-order chi connectivity index (χ0) is 27.6. The lowest BCUT2D eigenvalue weighted by Crippen LogP contribution is -2.70. The molecule has 5 aliphatic carbocycles. The van der Waals surface area contributed by atoms with Gasteiger partial charge in [0, 0.05) is 11.3 Å². The number of hydrogen-bond acceptors (Lipinski definition) is 4. The first kappa shape index (κ1) is 27.1. The van der Waals surface area contributed by atoms with Gasteiger partial charge in [-0.05, 0) is 104 Å². The maximum Gasteiger partial charge on any atom is 0.310 e. The number of ketones is 2. The summed E-state index contributed by atoms with van der Waals surface area (Å²) in [4.78, 5) is 39.9. The Bertz CT molecular complexity index is 1090. The number of aliphatic hydroxyl groups is 1. The molecule has 0 radical (unpaired) electrons. The second-order valence-electron chi connectivity index (χ2n) is 15.2. The van der Waals surface area contributed by atoms with Crippen LogP contribution >= 0.6 is 0 Å². The first-order valence-corrected chi connectivity index (χ1v) is 14.7. The van der Waals surface area contributed by atoms with Crippen LogP contribution in [-0.2, 0) is 14.4 Å². The third-order valence-corrected chi connectivity index (χ3v) is 14.0. The van der Waals surface area contributed by atoms with E-state index in [1.807, 2.05) is 19.9 Å². The van der Waals surface area contributed by atoms with Crippen molar-refractivity contribution in [2.75, 3.05) is 0 Å². The van der Waals surface area contributed by atoms with E-state index < -0.39 is 22.4 Å². The summed E-state index contributed by atoms with van der Waals surface area (Å²) >= 11 is 0. The van der Waals surface area contributed by atoms with Gasteiger partial charge in [0.15, 0.2) is 11.6 Å². The fourth-order valence-electron chi connectivity index (χ4n) is 11.3. The molecule has 0 saturated heterocycles. The Morgan fingerprint density at radius 2 is 1.57 bits per heavy atom. The highest BCUT2D eigenvalue weighted by atomic mass is 16.4. The van der Waals surface area contributed by atoms with E-state index >= 15 is 0 Å². The quantitative estimate of drug-likeness (QED) is 0.458. The van der Waals surface area contributed by atoms with Crippen LogP contribution in [0.1, 0.15) is 107 Å². The van der Waals surface area contributed by atoms with Crippen molar-refractivity contribution in [3.63, 3.8) is 0 Å². The molecule has 5 nitrogen and oxygen atoms in total. The Hall–Kier alpha value is -1.49. The molecule has 10 atom stereocenters. The summed E-state index contributed by atoms with van der Waals surface area (Å²) in [5, 5.41) is 22.1. The summed E-state index contributed by atoms with van der Waals surface area (Å²) in [5.41, 5.74) is -2.51. The number of aliphatic carboxylic acids is 1. The van der Waals surface area contributed by atoms with Crippen molar-refractivity contribution in [2.24, 2.45) is 56.7 Å². The van der Waals surface area contributed by atoms with Crippen molar-refractivity contribution >= 4 is 17.5 Å². The van der Waals surface area contributed by atoms with Crippen LogP contribution in [0.5, 0.6) is 0 Å². The Morgan fingerprint density at radius 1 is 0.919 bits per heavy atom. The molecule has 5 heteroatoms. The van der Waals surface area contributed by atoms with Crippen LogP contribution < -0.4 is 0 Å². The molecule has 5 rings (SSSR count). The predicted molar refractivity (Wildman–Crippen MR) is 143 cm³/mol. The Balaban J connectivity index is 1.65. The second kappa shape index (κ2) is 7.79. The third kappa shape index (κ3) is 2.99. The van der Waals surface area contributed by atoms with Crippen molar-refractivity contribution in [1.82, 2.24) is 0 Å². The maximum absolute atomic E-state index is 14.4. The summed E-state index contributed by atoms with van der Waals surface area (Å²) in [6.07, 6.45) is 7.75. The lowest BCUT2D eigenvalue weighted by molar-refractivity contribution is -0.227. The number of fused-ring (bicyclic) bond motifs is 7. The molecular weight excluding hydrogens is 464 g/mol. The fraction of sp³-hybridized carbons (Fsp3) is 0.844. The topological polar surface area (TPSA) is 91.7 Å². The van der Waals surface area contributed by atoms with Crippen molar-refractivity contribution in [2.45, 2.75) is 112 Å². The van der Waals surface area contributed by atoms with Gasteiger partial charge >= 0.3 is 5.97 Å². The van der Waals surface area contributed by atoms with E-state index in [0.29, 0.717) is 31.6 Å². The van der Waals surface area contributed by atoms with Crippen LogP contribution in [0.2, 0.25) is 0 Å². The van der Waals surface area contributed by atoms with E-state index in [1.54, 1.807) is 0 Å². The molecule has 0 heterocycles. The van der Waals surface area contributed by atoms with Crippen LogP contribution in [0, 0.1) is 56.7 Å². The maximum atomic E-state index is 14.4. The van der Waals surface area contributed by atoms with Gasteiger partial charge in [-0.15, -0.1) is 0 Å². The molecule has 206 valence electrons. The highest BCUT2D eigenvalue weighted by Crippen LogP contribution is 2.75. The molecule has 0 amide bonds. The molecule has 5 aliphatic rings. The van der Waals surface area contributed by atoms with Crippen molar-refractivity contribution in [3.05, 3.63) is 11.6 Å². The van der Waals surface area contributed by atoms with E-state index in [9.17, 15) is 24.6 Å². The SMILES string of the molecule is CC(=O)[C@]1(O)CC[C@@]2(C)C(CC[C@]3(C)[C@@H]2C(=O)C=C2[C@@H]4[C@@H](C)[C@H](C)CC[C@]4(C(=O)O)CC[C@]23C)C1(C)C. The van der Waals surface area contributed by atoms with Crippen LogP contribution in [-0.4, -0.2) is 33.3 Å². The van der Waals surface area contributed by atoms with Gasteiger partial charge in [0.2, 0.25) is 0 Å². The molecule has 0 aromatic rings. The predicted octanol–water partition coefficient (Wildman–Crippen LogP) is 6.23. The summed E-state index contributed by atoms with van der Waals surface area (Å²) in [7, 11) is 0. The minimum Gasteiger partial charge on any atom is -0.481 e. The summed E-state index contributed by atoms with van der Waals surface area (Å²) in [5.74, 6) is -0.312. The molecular formula is C32H48O5. The van der Waals surface area contributed by atoms with Gasteiger partial charge in [-0.2, -0.15) is 0 Å². The Morgan fingerprint density at radius 3 is 2.16 bits per heavy atom. The first-order valence-electron chi connectivity index (χ1n) is 14.7. The molecule has 37 heavy (non-hydrogen) atoms. The minimum atomic E-state index is -1.37. The van der Waals surface area contributed by atoms with E-state index in [-0.39, 0.29) is 51.5 Å². The summed E-state index contributed by atoms with van der Waals surface area (Å²) < 4.78 is 0. The van der Waals surface area contributed by atoms with Crippen molar-refractivity contribution in [3.8, 4) is 0 Å². The number of rotatable bonds is 2. The fourth-order valence-corrected chi connectivity index (χ4v) is 11.3. The zero-order valence-electron chi connectivity index (χ0n) is 24.2. The molecule has 1 unspecified atom stereocenters. The number of allylic oxidation sites excluding steroid dienone is 2. The molecule has 0 aromatic carbocycles. The smallest absolute Gasteiger partial charge is 0.310 e. The number of hydrogen-bond donors (Lipinski definition) is 2. The number of carbonyl (C=O) groups excluding carboxylic acids is 2. The average molecular weight is 513 g/mol. The van der Waals surface area contributed by atoms with Crippen LogP contribution in [0.25, 0.3) is 0 Å². The molecule has 4 fully saturated rings. The van der Waals surface area contributed by atoms with Gasteiger partial charge in [-0.25, -0.2) is 0 Å². The number of Topliss-reactive ketones (excluding diaryl/α,β-unsaturated/α-hetero) is 1. The van der Waals surface area contributed by atoms with Crippen LogP contribution in [0.3, 0.4) is 0 Å². The van der Waals surface area contributed by atoms with E-state index in [2.05, 4.69) is 34.6 Å². The highest BCUT2D eigenvalue weighted by molar-refractivity contribution is 5.96. The number of carboxylic acids is 1. The van der Waals surface area contributed by atoms with Crippen molar-refractivity contribution in [1.29, 1.82) is 0 Å². The van der Waals surface area contributed by atoms with Crippen molar-refractivity contribution < 1.29 is 24.6 Å². The summed E-state index contributed by atoms with van der Waals surface area (Å²) in [6.45, 7) is 16.9. The molecule has 4 saturated carbocycles. The van der Waals surface area contributed by atoms with Gasteiger partial charge in [0.05, 0.1) is 5.41 Å². The monoisotopic (exact) mass is 512 g/mol. The zero-order valence-corrected chi connectivity index (χ0v) is 24.2. The van der Waals surface area contributed by atoms with E-state index in [4.69, 9.17) is 0 Å². The molecule has 0 aromatic heterocycles. The largest absolute Gasteiger partial charge is 0.481 e. The minimum absolute atomic E-state index is 0.0542. The van der Waals surface area contributed by atoms with Crippen LogP contribution in [0.4, 0.5) is 0 Å². The first-order chi connectivity index (χ1) is 16.9. The van der Waals surface area contributed by atoms with Gasteiger partial charge in [-0.3, -0.25) is 14.4 Å². The normalized spacial score (nSPS) is 52.6. The molecule has 0 spiro atoms. The molecule has 0 bridgehead atoms. The standard InChI is InChI=1S/C32H48O5/c1-18-9-12-31(26(35)36)15-14-29(7)21(24(31)19(18)2)17-22(34)25-28(6)13-16-32(37,20(3)33)27(4,5)23(28)10-11-30(25,29)8/h17-19,23-25,37H,9-16H2,1-8H3,(H,35,36)/t18-,19+,23?,24+,25-,28+,29-,30-,31+,32-/m1/s1. The molecule has 0 aliphatic heterocycles. The van der Waals surface area contributed by atoms with E-state index in [0.717, 1.165) is 31.3 Å². The lowest BCUT2D eigenvalue weighted by Gasteiger charge is -2.71. The number of carboxylic acid groups (broad SMARTS) is 1. The van der Waals surface area contributed by atoms with Gasteiger partial charge in [-0.1, -0.05) is 54.0 Å². The van der Waals surface area contributed by atoms with Crippen LogP contribution in [0.15, 0.2) is 11.6 Å². The number of carbonyl (C=O) groups is 3. The average Bonchev–Trinajstić information content (AvgIpc) is 2.79. The van der Waals surface area contributed by atoms with Gasteiger partial charge < -0.3 is 10.2 Å². The molecule has 2 N–H and O–H groups in total. The Labute approximate surface area is 222 Å². The van der Waals surface area contributed by atoms with E-state index in [1.165, 1.54) is 6.92 Å². The lowest BCUT2D eigenvalue weighted by atomic mass is 9.32. The summed E-state index contributed by atoms with van der Waals surface area (Å²) in [6, 6.07) is 0. The highest BCUT2D eigenvalue weighted by Gasteiger charge is 2.73. The Kier molecular flexibility index (Phi) is 5.71. The second-order valence-corrected chi connectivity index (χ2v) is 15.2. The van der Waals surface area contributed by atoms with Gasteiger partial charge in [0.25, 0.3) is 0 Å².